The molecule has 0 unspecified atom stereocenters. The van der Waals surface area contributed by atoms with Gasteiger partial charge in [-0.1, -0.05) is 0 Å². The van der Waals surface area contributed by atoms with Gasteiger partial charge in [0.25, 0.3) is 0 Å². The summed E-state index contributed by atoms with van der Waals surface area (Å²) >= 11 is 0. The van der Waals surface area contributed by atoms with Crippen LogP contribution in [0, 0.1) is 5.41 Å². The number of carbonyl (C=O) groups is 3. The molecule has 0 aromatic heterocycles. The number of nitrogens with zero attached hydrogens (tertiary/aromatic N) is 3. The highest BCUT2D eigenvalue weighted by molar-refractivity contribution is 6.07. The maximum absolute atomic E-state index is 12.8. The summed E-state index contributed by atoms with van der Waals surface area (Å²) in [5, 5.41) is 2.95. The van der Waals surface area contributed by atoms with Crippen molar-refractivity contribution in [1.29, 1.82) is 0 Å². The molecular weight excluding hydrogens is 324 g/mol. The van der Waals surface area contributed by atoms with Crippen LogP contribution in [0.3, 0.4) is 0 Å². The van der Waals surface area contributed by atoms with Gasteiger partial charge in [-0.15, -0.1) is 0 Å². The average molecular weight is 352 g/mol. The van der Waals surface area contributed by atoms with Crippen molar-refractivity contribution >= 4 is 17.7 Å². The summed E-state index contributed by atoms with van der Waals surface area (Å²) < 4.78 is 5.31. The van der Waals surface area contributed by atoms with E-state index in [0.29, 0.717) is 45.6 Å². The highest BCUT2D eigenvalue weighted by Gasteiger charge is 2.58. The Hall–Kier alpha value is -1.67. The predicted octanol–water partition coefficient (Wildman–Crippen LogP) is -1.09. The number of rotatable bonds is 5. The fraction of sp³-hybridized carbons (Fsp3) is 0.824. The summed E-state index contributed by atoms with van der Waals surface area (Å²) in [6.45, 7) is 8.28. The molecule has 3 rings (SSSR count). The molecule has 25 heavy (non-hydrogen) atoms. The van der Waals surface area contributed by atoms with Gasteiger partial charge in [0.15, 0.2) is 0 Å². The van der Waals surface area contributed by atoms with Crippen LogP contribution in [0.5, 0.6) is 0 Å². The Morgan fingerprint density at radius 3 is 2.12 bits per heavy atom. The molecule has 0 radical (unpaired) electrons. The molecular formula is C17H28N4O4. The molecule has 3 fully saturated rings. The minimum absolute atomic E-state index is 0.0362. The number of carbonyl (C=O) groups excluding carboxylic acids is 3. The van der Waals surface area contributed by atoms with E-state index in [9.17, 15) is 14.4 Å². The number of hydrogen-bond donors (Lipinski definition) is 1. The van der Waals surface area contributed by atoms with Crippen LogP contribution in [-0.2, 0) is 19.1 Å². The summed E-state index contributed by atoms with van der Waals surface area (Å²) in [6.07, 6.45) is 1.25. The SMILES string of the molecule is CC(=O)N1CCN(C(=O)C2(C(=O)NCCN3CCOCC3)CC2)CC1. The van der Waals surface area contributed by atoms with Gasteiger partial charge in [-0.2, -0.15) is 0 Å². The van der Waals surface area contributed by atoms with Gasteiger partial charge in [0.2, 0.25) is 17.7 Å². The van der Waals surface area contributed by atoms with E-state index in [2.05, 4.69) is 10.2 Å². The van der Waals surface area contributed by atoms with Crippen LogP contribution in [0.25, 0.3) is 0 Å². The van der Waals surface area contributed by atoms with Crippen molar-refractivity contribution in [3.63, 3.8) is 0 Å². The lowest BCUT2D eigenvalue weighted by Crippen LogP contribution is -2.54. The molecule has 3 amide bonds. The molecule has 0 spiro atoms. The molecule has 3 aliphatic rings. The van der Waals surface area contributed by atoms with Crippen molar-refractivity contribution < 1.29 is 19.1 Å². The molecule has 0 aromatic rings. The first-order valence-corrected chi connectivity index (χ1v) is 9.16. The Balaban J connectivity index is 1.45. The smallest absolute Gasteiger partial charge is 0.238 e. The van der Waals surface area contributed by atoms with Crippen molar-refractivity contribution in [2.45, 2.75) is 19.8 Å². The van der Waals surface area contributed by atoms with Crippen molar-refractivity contribution in [3.8, 4) is 0 Å². The van der Waals surface area contributed by atoms with Gasteiger partial charge >= 0.3 is 0 Å². The van der Waals surface area contributed by atoms with Crippen molar-refractivity contribution in [3.05, 3.63) is 0 Å². The number of piperazine rings is 1. The first-order chi connectivity index (χ1) is 12.0. The Kier molecular flexibility index (Phi) is 5.58. The van der Waals surface area contributed by atoms with Crippen LogP contribution in [-0.4, -0.2) is 98.0 Å². The highest BCUT2D eigenvalue weighted by atomic mass is 16.5. The number of hydrogen-bond acceptors (Lipinski definition) is 5. The number of morpholine rings is 1. The molecule has 8 heteroatoms. The third-order valence-corrected chi connectivity index (χ3v) is 5.42. The van der Waals surface area contributed by atoms with Crippen LogP contribution in [0.15, 0.2) is 0 Å². The monoisotopic (exact) mass is 352 g/mol. The molecule has 140 valence electrons. The predicted molar refractivity (Wildman–Crippen MR) is 90.8 cm³/mol. The maximum Gasteiger partial charge on any atom is 0.238 e. The molecule has 1 saturated carbocycles. The normalized spacial score (nSPS) is 23.2. The number of amides is 3. The average Bonchev–Trinajstić information content (AvgIpc) is 3.44. The third kappa shape index (κ3) is 4.12. The summed E-state index contributed by atoms with van der Waals surface area (Å²) in [6, 6.07) is 0. The summed E-state index contributed by atoms with van der Waals surface area (Å²) in [5.41, 5.74) is -0.858. The first-order valence-electron chi connectivity index (χ1n) is 9.16. The Labute approximate surface area is 148 Å². The molecule has 0 atom stereocenters. The van der Waals surface area contributed by atoms with Crippen LogP contribution >= 0.6 is 0 Å². The first kappa shape index (κ1) is 18.1. The van der Waals surface area contributed by atoms with E-state index in [4.69, 9.17) is 4.74 Å². The topological polar surface area (TPSA) is 82.2 Å². The van der Waals surface area contributed by atoms with E-state index in [0.717, 1.165) is 32.8 Å². The lowest BCUT2D eigenvalue weighted by atomic mass is 10.0. The van der Waals surface area contributed by atoms with Gasteiger partial charge in [-0.05, 0) is 12.8 Å². The molecule has 8 nitrogen and oxygen atoms in total. The molecule has 1 N–H and O–H groups in total. The molecule has 0 aromatic carbocycles. The molecule has 2 aliphatic heterocycles. The van der Waals surface area contributed by atoms with Gasteiger partial charge in [0.1, 0.15) is 5.41 Å². The van der Waals surface area contributed by atoms with Crippen molar-refractivity contribution in [2.75, 3.05) is 65.6 Å². The van der Waals surface area contributed by atoms with Crippen LogP contribution < -0.4 is 5.32 Å². The fourth-order valence-corrected chi connectivity index (χ4v) is 3.51. The lowest BCUT2D eigenvalue weighted by molar-refractivity contribution is -0.147. The third-order valence-electron chi connectivity index (χ3n) is 5.42. The molecule has 2 heterocycles. The molecule has 0 bridgehead atoms. The van der Waals surface area contributed by atoms with Crippen LogP contribution in [0.1, 0.15) is 19.8 Å². The Morgan fingerprint density at radius 2 is 1.56 bits per heavy atom. The Morgan fingerprint density at radius 1 is 0.960 bits per heavy atom. The fourth-order valence-electron chi connectivity index (χ4n) is 3.51. The van der Waals surface area contributed by atoms with E-state index in [1.54, 1.807) is 16.7 Å². The van der Waals surface area contributed by atoms with E-state index in [-0.39, 0.29) is 17.7 Å². The van der Waals surface area contributed by atoms with Crippen LogP contribution in [0.2, 0.25) is 0 Å². The molecule has 2 saturated heterocycles. The second-order valence-electron chi connectivity index (χ2n) is 7.09. The minimum Gasteiger partial charge on any atom is -0.379 e. The van der Waals surface area contributed by atoms with E-state index >= 15 is 0 Å². The quantitative estimate of drug-likeness (QED) is 0.636. The summed E-state index contributed by atoms with van der Waals surface area (Å²) in [7, 11) is 0. The van der Waals surface area contributed by atoms with Gasteiger partial charge in [0.05, 0.1) is 13.2 Å². The Bertz CT molecular complexity index is 521. The van der Waals surface area contributed by atoms with Gasteiger partial charge in [-0.25, -0.2) is 0 Å². The van der Waals surface area contributed by atoms with Crippen molar-refractivity contribution in [1.82, 2.24) is 20.0 Å². The maximum atomic E-state index is 12.8. The van der Waals surface area contributed by atoms with E-state index in [1.807, 2.05) is 0 Å². The summed E-state index contributed by atoms with van der Waals surface area (Å²) in [5.74, 6) is -0.173. The molecule has 1 aliphatic carbocycles. The standard InChI is InChI=1S/C17H28N4O4/c1-14(22)20-6-8-21(9-7-20)16(24)17(2-3-17)15(23)18-4-5-19-10-12-25-13-11-19/h2-13H2,1H3,(H,18,23). The van der Waals surface area contributed by atoms with Crippen molar-refractivity contribution in [2.24, 2.45) is 5.41 Å². The van der Waals surface area contributed by atoms with Gasteiger partial charge < -0.3 is 19.9 Å². The summed E-state index contributed by atoms with van der Waals surface area (Å²) in [4.78, 5) is 42.5. The zero-order valence-electron chi connectivity index (χ0n) is 15.0. The second-order valence-corrected chi connectivity index (χ2v) is 7.09. The van der Waals surface area contributed by atoms with Gasteiger partial charge in [-0.3, -0.25) is 19.3 Å². The second kappa shape index (κ2) is 7.70. The van der Waals surface area contributed by atoms with Crippen LogP contribution in [0.4, 0.5) is 0 Å². The zero-order chi connectivity index (χ0) is 17.9. The zero-order valence-corrected chi connectivity index (χ0v) is 15.0. The van der Waals surface area contributed by atoms with Gasteiger partial charge in [0, 0.05) is 59.3 Å². The van der Waals surface area contributed by atoms with E-state index < -0.39 is 5.41 Å². The number of ether oxygens (including phenoxy) is 1. The minimum atomic E-state index is -0.858. The number of nitrogens with one attached hydrogen (secondary N) is 1. The lowest BCUT2D eigenvalue weighted by Gasteiger charge is -2.36. The highest BCUT2D eigenvalue weighted by Crippen LogP contribution is 2.47. The largest absolute Gasteiger partial charge is 0.379 e. The van der Waals surface area contributed by atoms with E-state index in [1.165, 1.54) is 0 Å².